The number of para-hydroxylation sites is 2. The van der Waals surface area contributed by atoms with E-state index in [1.54, 1.807) is 12.3 Å². The highest BCUT2D eigenvalue weighted by Crippen LogP contribution is 2.44. The zero-order chi connectivity index (χ0) is 18.1. The maximum absolute atomic E-state index is 10.4. The van der Waals surface area contributed by atoms with Crippen molar-refractivity contribution < 1.29 is 5.11 Å². The number of nitrogens with one attached hydrogen (secondary N) is 1. The molecule has 1 aliphatic rings. The minimum atomic E-state index is -0.111. The highest BCUT2D eigenvalue weighted by Gasteiger charge is 2.42. The van der Waals surface area contributed by atoms with Crippen LogP contribution in [0.1, 0.15) is 30.4 Å². The van der Waals surface area contributed by atoms with E-state index in [9.17, 15) is 5.11 Å². The third kappa shape index (κ3) is 2.72. The number of phenolic OH excluding ortho intramolecular Hbond substituents is 1. The average Bonchev–Trinajstić information content (AvgIpc) is 3.26. The van der Waals surface area contributed by atoms with Gasteiger partial charge in [0.1, 0.15) is 11.8 Å². The van der Waals surface area contributed by atoms with E-state index in [0.717, 1.165) is 17.9 Å². The highest BCUT2D eigenvalue weighted by molar-refractivity contribution is 7.80. The summed E-state index contributed by atoms with van der Waals surface area (Å²) in [5.41, 5.74) is 2.73. The van der Waals surface area contributed by atoms with E-state index in [0.29, 0.717) is 10.8 Å². The van der Waals surface area contributed by atoms with Crippen molar-refractivity contribution in [1.82, 2.24) is 14.9 Å². The zero-order valence-electron chi connectivity index (χ0n) is 14.4. The number of pyridine rings is 1. The van der Waals surface area contributed by atoms with Crippen LogP contribution in [0.3, 0.4) is 0 Å². The molecule has 2 atom stereocenters. The van der Waals surface area contributed by atoms with E-state index in [2.05, 4.69) is 34.1 Å². The molecule has 1 saturated heterocycles. The second-order valence-electron chi connectivity index (χ2n) is 6.20. The highest BCUT2D eigenvalue weighted by atomic mass is 32.1. The number of rotatable bonds is 4. The smallest absolute Gasteiger partial charge is 0.174 e. The predicted octanol–water partition coefficient (Wildman–Crippen LogP) is 3.79. The molecule has 0 saturated carbocycles. The molecule has 4 rings (SSSR count). The number of anilines is 1. The molecular weight excluding hydrogens is 344 g/mol. The topological polar surface area (TPSA) is 53.3 Å². The van der Waals surface area contributed by atoms with Crippen LogP contribution in [-0.2, 0) is 6.54 Å². The van der Waals surface area contributed by atoms with Crippen molar-refractivity contribution in [2.45, 2.75) is 25.6 Å². The third-order valence-electron chi connectivity index (χ3n) is 4.75. The molecular formula is C20H20N4OS. The van der Waals surface area contributed by atoms with Crippen LogP contribution in [0.4, 0.5) is 5.69 Å². The monoisotopic (exact) mass is 364 g/mol. The lowest BCUT2D eigenvalue weighted by atomic mass is 10.0. The van der Waals surface area contributed by atoms with Crippen molar-refractivity contribution in [3.05, 3.63) is 78.4 Å². The van der Waals surface area contributed by atoms with Crippen LogP contribution in [-0.4, -0.2) is 19.8 Å². The summed E-state index contributed by atoms with van der Waals surface area (Å²) in [6, 6.07) is 17.1. The molecule has 0 unspecified atom stereocenters. The number of aromatic hydroxyl groups is 1. The van der Waals surface area contributed by atoms with E-state index >= 15 is 0 Å². The van der Waals surface area contributed by atoms with E-state index in [4.69, 9.17) is 12.2 Å². The molecule has 5 nitrogen and oxygen atoms in total. The summed E-state index contributed by atoms with van der Waals surface area (Å²) in [7, 11) is 0. The normalized spacial score (nSPS) is 19.6. The van der Waals surface area contributed by atoms with Gasteiger partial charge in [-0.3, -0.25) is 4.98 Å². The van der Waals surface area contributed by atoms with Gasteiger partial charge in [0.2, 0.25) is 0 Å². The molecule has 3 heterocycles. The molecule has 2 aromatic heterocycles. The van der Waals surface area contributed by atoms with Gasteiger partial charge in [-0.25, -0.2) is 0 Å². The van der Waals surface area contributed by atoms with E-state index in [1.807, 2.05) is 47.4 Å². The molecule has 0 aliphatic carbocycles. The SMILES string of the molecule is CCn1cccc1[C@@H]1[C@H](c2ccccn2)NC(=S)N1c1ccccc1O. The average molecular weight is 364 g/mol. The first-order valence-corrected chi connectivity index (χ1v) is 9.05. The summed E-state index contributed by atoms with van der Waals surface area (Å²) in [5, 5.41) is 14.4. The first-order chi connectivity index (χ1) is 12.7. The van der Waals surface area contributed by atoms with Crippen molar-refractivity contribution in [3.8, 4) is 5.75 Å². The van der Waals surface area contributed by atoms with Crippen LogP contribution in [0.5, 0.6) is 5.75 Å². The quantitative estimate of drug-likeness (QED) is 0.690. The lowest BCUT2D eigenvalue weighted by Gasteiger charge is -2.29. The molecule has 0 amide bonds. The fraction of sp³-hybridized carbons (Fsp3) is 0.200. The fourth-order valence-electron chi connectivity index (χ4n) is 3.57. The summed E-state index contributed by atoms with van der Waals surface area (Å²) in [4.78, 5) is 6.53. The number of phenols is 1. The number of hydrogen-bond donors (Lipinski definition) is 2. The number of aryl methyl sites for hydroxylation is 1. The zero-order valence-corrected chi connectivity index (χ0v) is 15.2. The number of thiocarbonyl (C=S) groups is 1. The molecule has 3 aromatic rings. The van der Waals surface area contributed by atoms with Crippen molar-refractivity contribution in [3.63, 3.8) is 0 Å². The lowest BCUT2D eigenvalue weighted by molar-refractivity contribution is 0.470. The van der Waals surface area contributed by atoms with Gasteiger partial charge in [-0.05, 0) is 55.5 Å². The largest absolute Gasteiger partial charge is 0.506 e. The van der Waals surface area contributed by atoms with Crippen molar-refractivity contribution in [2.75, 3.05) is 4.90 Å². The Balaban J connectivity index is 1.87. The van der Waals surface area contributed by atoms with Crippen LogP contribution >= 0.6 is 12.2 Å². The van der Waals surface area contributed by atoms with Gasteiger partial charge < -0.3 is 19.9 Å². The van der Waals surface area contributed by atoms with Crippen LogP contribution in [0, 0.1) is 0 Å². The molecule has 1 aliphatic heterocycles. The van der Waals surface area contributed by atoms with Crippen LogP contribution < -0.4 is 10.2 Å². The molecule has 1 aromatic carbocycles. The van der Waals surface area contributed by atoms with E-state index in [1.165, 1.54) is 0 Å². The summed E-state index contributed by atoms with van der Waals surface area (Å²) in [5.74, 6) is 0.206. The van der Waals surface area contributed by atoms with Gasteiger partial charge >= 0.3 is 0 Å². The Morgan fingerprint density at radius 3 is 2.65 bits per heavy atom. The van der Waals surface area contributed by atoms with Crippen molar-refractivity contribution in [1.29, 1.82) is 0 Å². The van der Waals surface area contributed by atoms with Crippen molar-refractivity contribution in [2.24, 2.45) is 0 Å². The van der Waals surface area contributed by atoms with Gasteiger partial charge in [-0.15, -0.1) is 0 Å². The second-order valence-corrected chi connectivity index (χ2v) is 6.59. The number of aromatic nitrogens is 2. The maximum atomic E-state index is 10.4. The number of hydrogen-bond acceptors (Lipinski definition) is 3. The number of nitrogens with zero attached hydrogens (tertiary/aromatic N) is 3. The maximum Gasteiger partial charge on any atom is 0.174 e. The minimum absolute atomic E-state index is 0.108. The molecule has 26 heavy (non-hydrogen) atoms. The third-order valence-corrected chi connectivity index (χ3v) is 5.06. The van der Waals surface area contributed by atoms with Crippen LogP contribution in [0.15, 0.2) is 67.0 Å². The number of benzene rings is 1. The molecule has 2 N–H and O–H groups in total. The Bertz CT molecular complexity index is 924. The minimum Gasteiger partial charge on any atom is -0.506 e. The first-order valence-electron chi connectivity index (χ1n) is 8.64. The van der Waals surface area contributed by atoms with Crippen LogP contribution in [0.2, 0.25) is 0 Å². The van der Waals surface area contributed by atoms with E-state index in [-0.39, 0.29) is 17.8 Å². The molecule has 132 valence electrons. The van der Waals surface area contributed by atoms with Gasteiger partial charge in [-0.1, -0.05) is 18.2 Å². The standard InChI is InChI=1S/C20H20N4OS/c1-2-23-13-7-10-16(23)19-18(14-8-5-6-12-21-14)22-20(26)24(19)15-9-3-4-11-17(15)25/h3-13,18-19,25H,2H2,1H3,(H,22,26)/t18-,19+/m0/s1. The van der Waals surface area contributed by atoms with Gasteiger partial charge in [0.25, 0.3) is 0 Å². The fourth-order valence-corrected chi connectivity index (χ4v) is 3.91. The summed E-state index contributed by atoms with van der Waals surface area (Å²) >= 11 is 5.66. The van der Waals surface area contributed by atoms with Gasteiger partial charge in [0, 0.05) is 24.6 Å². The summed E-state index contributed by atoms with van der Waals surface area (Å²) < 4.78 is 2.20. The molecule has 6 heteroatoms. The summed E-state index contributed by atoms with van der Waals surface area (Å²) in [6.45, 7) is 2.97. The Labute approximate surface area is 157 Å². The van der Waals surface area contributed by atoms with Gasteiger partial charge in [-0.2, -0.15) is 0 Å². The second kappa shape index (κ2) is 6.80. The Kier molecular flexibility index (Phi) is 4.34. The molecule has 0 bridgehead atoms. The molecule has 1 fully saturated rings. The Morgan fingerprint density at radius 2 is 1.92 bits per heavy atom. The van der Waals surface area contributed by atoms with Gasteiger partial charge in [0.05, 0.1) is 17.4 Å². The first kappa shape index (κ1) is 16.6. The Hall–Kier alpha value is -2.86. The Morgan fingerprint density at radius 1 is 1.12 bits per heavy atom. The van der Waals surface area contributed by atoms with Gasteiger partial charge in [0.15, 0.2) is 5.11 Å². The molecule has 0 spiro atoms. The lowest BCUT2D eigenvalue weighted by Crippen LogP contribution is -2.30. The van der Waals surface area contributed by atoms with Crippen molar-refractivity contribution >= 4 is 23.0 Å². The summed E-state index contributed by atoms with van der Waals surface area (Å²) in [6.07, 6.45) is 3.86. The molecule has 0 radical (unpaired) electrons. The van der Waals surface area contributed by atoms with Crippen LogP contribution in [0.25, 0.3) is 0 Å². The van der Waals surface area contributed by atoms with E-state index < -0.39 is 0 Å². The predicted molar refractivity (Wildman–Crippen MR) is 106 cm³/mol.